The van der Waals surface area contributed by atoms with E-state index in [1.165, 1.54) is 5.56 Å². The molecule has 0 saturated heterocycles. The third-order valence-electron chi connectivity index (χ3n) is 3.18. The van der Waals surface area contributed by atoms with E-state index in [0.717, 1.165) is 27.9 Å². The highest BCUT2D eigenvalue weighted by Crippen LogP contribution is 2.27. The van der Waals surface area contributed by atoms with Gasteiger partial charge in [-0.05, 0) is 49.6 Å². The summed E-state index contributed by atoms with van der Waals surface area (Å²) in [6.45, 7) is 9.00. The van der Waals surface area contributed by atoms with Gasteiger partial charge in [-0.3, -0.25) is 0 Å². The number of ether oxygens (including phenoxy) is 1. The first-order valence-corrected chi connectivity index (χ1v) is 7.30. The van der Waals surface area contributed by atoms with Gasteiger partial charge in [-0.1, -0.05) is 25.4 Å². The molecular formula is C17H21ClO2. The maximum Gasteiger partial charge on any atom is 0.123 e. The molecule has 2 aromatic rings. The average Bonchev–Trinajstić information content (AvgIpc) is 2.67. The summed E-state index contributed by atoms with van der Waals surface area (Å²) < 4.78 is 11.6. The normalized spacial score (nSPS) is 11.1. The molecule has 3 heteroatoms. The van der Waals surface area contributed by atoms with Crippen molar-refractivity contribution in [3.63, 3.8) is 0 Å². The lowest BCUT2D eigenvalue weighted by molar-refractivity contribution is 0.268. The lowest BCUT2D eigenvalue weighted by Gasteiger charge is -2.13. The zero-order valence-corrected chi connectivity index (χ0v) is 13.3. The molecule has 0 aliphatic heterocycles. The number of halogens is 1. The second-order valence-corrected chi connectivity index (χ2v) is 6.02. The van der Waals surface area contributed by atoms with Crippen LogP contribution in [0.4, 0.5) is 0 Å². The Balaban J connectivity index is 2.22. The molecule has 0 saturated carbocycles. The first-order valence-electron chi connectivity index (χ1n) is 6.93. The van der Waals surface area contributed by atoms with Crippen molar-refractivity contribution in [2.24, 2.45) is 5.92 Å². The summed E-state index contributed by atoms with van der Waals surface area (Å²) in [5, 5.41) is 0.719. The van der Waals surface area contributed by atoms with E-state index < -0.39 is 0 Å². The van der Waals surface area contributed by atoms with E-state index in [9.17, 15) is 0 Å². The first kappa shape index (κ1) is 15.0. The summed E-state index contributed by atoms with van der Waals surface area (Å²) in [4.78, 5) is 0. The molecule has 0 fully saturated rings. The van der Waals surface area contributed by atoms with Gasteiger partial charge in [0.15, 0.2) is 0 Å². The van der Waals surface area contributed by atoms with Crippen molar-refractivity contribution in [1.82, 2.24) is 0 Å². The predicted molar refractivity (Wildman–Crippen MR) is 82.8 cm³/mol. The molecule has 1 heterocycles. The Hall–Kier alpha value is -1.41. The molecule has 20 heavy (non-hydrogen) atoms. The van der Waals surface area contributed by atoms with Crippen LogP contribution in [-0.4, -0.2) is 6.61 Å². The Labute approximate surface area is 125 Å². The molecule has 0 bridgehead atoms. The number of aryl methyl sites for hydroxylation is 2. The van der Waals surface area contributed by atoms with Gasteiger partial charge >= 0.3 is 0 Å². The lowest BCUT2D eigenvalue weighted by Crippen LogP contribution is -2.06. The fraction of sp³-hybridized carbons (Fsp3) is 0.412. The number of hydrogen-bond donors (Lipinski definition) is 0. The van der Waals surface area contributed by atoms with E-state index in [-0.39, 0.29) is 0 Å². The van der Waals surface area contributed by atoms with E-state index in [4.69, 9.17) is 20.8 Å². The standard InChI is InChI=1S/C17H21ClO2/c1-11(2)10-19-17-6-5-15(18)8-14(17)9-16-7-12(3)13(4)20-16/h5-8,11H,9-10H2,1-4H3. The molecule has 0 amide bonds. The summed E-state index contributed by atoms with van der Waals surface area (Å²) in [5.41, 5.74) is 2.23. The van der Waals surface area contributed by atoms with Crippen LogP contribution < -0.4 is 4.74 Å². The first-order chi connectivity index (χ1) is 9.45. The minimum Gasteiger partial charge on any atom is -0.493 e. The van der Waals surface area contributed by atoms with Crippen LogP contribution in [0.25, 0.3) is 0 Å². The summed E-state index contributed by atoms with van der Waals surface area (Å²) in [5.74, 6) is 3.28. The fourth-order valence-electron chi connectivity index (χ4n) is 2.01. The van der Waals surface area contributed by atoms with Gasteiger partial charge < -0.3 is 9.15 Å². The molecule has 2 rings (SSSR count). The van der Waals surface area contributed by atoms with Gasteiger partial charge in [0.05, 0.1) is 6.61 Å². The van der Waals surface area contributed by atoms with Crippen molar-refractivity contribution in [3.05, 3.63) is 51.9 Å². The molecule has 0 aliphatic rings. The Kier molecular flexibility index (Phi) is 4.77. The largest absolute Gasteiger partial charge is 0.493 e. The molecule has 0 spiro atoms. The highest BCUT2D eigenvalue weighted by molar-refractivity contribution is 6.30. The van der Waals surface area contributed by atoms with Crippen molar-refractivity contribution >= 4 is 11.6 Å². The SMILES string of the molecule is Cc1cc(Cc2cc(Cl)ccc2OCC(C)C)oc1C. The van der Waals surface area contributed by atoms with Crippen LogP contribution in [0.3, 0.4) is 0 Å². The van der Waals surface area contributed by atoms with Gasteiger partial charge in [0, 0.05) is 17.0 Å². The minimum absolute atomic E-state index is 0.492. The van der Waals surface area contributed by atoms with Gasteiger partial charge in [0.2, 0.25) is 0 Å². The van der Waals surface area contributed by atoms with E-state index in [1.807, 2.05) is 25.1 Å². The topological polar surface area (TPSA) is 22.4 Å². The summed E-state index contributed by atoms with van der Waals surface area (Å²) in [6, 6.07) is 7.81. The Morgan fingerprint density at radius 2 is 1.95 bits per heavy atom. The summed E-state index contributed by atoms with van der Waals surface area (Å²) in [6.07, 6.45) is 0.697. The fourth-order valence-corrected chi connectivity index (χ4v) is 2.20. The number of benzene rings is 1. The van der Waals surface area contributed by atoms with Gasteiger partial charge in [-0.15, -0.1) is 0 Å². The second-order valence-electron chi connectivity index (χ2n) is 5.59. The van der Waals surface area contributed by atoms with E-state index in [2.05, 4.69) is 26.8 Å². The monoisotopic (exact) mass is 292 g/mol. The summed E-state index contributed by atoms with van der Waals surface area (Å²) >= 11 is 6.10. The molecule has 0 radical (unpaired) electrons. The van der Waals surface area contributed by atoms with Crippen LogP contribution in [0.2, 0.25) is 5.02 Å². The van der Waals surface area contributed by atoms with Gasteiger partial charge in [0.25, 0.3) is 0 Å². The molecule has 1 aromatic carbocycles. The van der Waals surface area contributed by atoms with Gasteiger partial charge in [0.1, 0.15) is 17.3 Å². The zero-order chi connectivity index (χ0) is 14.7. The quantitative estimate of drug-likeness (QED) is 0.758. The van der Waals surface area contributed by atoms with Crippen molar-refractivity contribution in [3.8, 4) is 5.75 Å². The van der Waals surface area contributed by atoms with Crippen LogP contribution in [0.15, 0.2) is 28.7 Å². The second kappa shape index (κ2) is 6.36. The lowest BCUT2D eigenvalue weighted by atomic mass is 10.1. The Morgan fingerprint density at radius 3 is 2.55 bits per heavy atom. The Bertz CT molecular complexity index is 565. The molecule has 0 unspecified atom stereocenters. The third kappa shape index (κ3) is 3.80. The van der Waals surface area contributed by atoms with Crippen molar-refractivity contribution in [2.45, 2.75) is 34.1 Å². The van der Waals surface area contributed by atoms with Crippen LogP contribution in [0, 0.1) is 19.8 Å². The highest BCUT2D eigenvalue weighted by Gasteiger charge is 2.10. The number of hydrogen-bond acceptors (Lipinski definition) is 2. The van der Waals surface area contributed by atoms with E-state index in [1.54, 1.807) is 0 Å². The zero-order valence-electron chi connectivity index (χ0n) is 12.5. The van der Waals surface area contributed by atoms with Crippen LogP contribution >= 0.6 is 11.6 Å². The molecule has 0 N–H and O–H groups in total. The number of rotatable bonds is 5. The van der Waals surface area contributed by atoms with Gasteiger partial charge in [-0.25, -0.2) is 0 Å². The number of furan rings is 1. The Morgan fingerprint density at radius 1 is 1.20 bits per heavy atom. The molecule has 0 atom stereocenters. The van der Waals surface area contributed by atoms with Crippen molar-refractivity contribution < 1.29 is 9.15 Å². The summed E-state index contributed by atoms with van der Waals surface area (Å²) in [7, 11) is 0. The van der Waals surface area contributed by atoms with Crippen LogP contribution in [-0.2, 0) is 6.42 Å². The van der Waals surface area contributed by atoms with Gasteiger partial charge in [-0.2, -0.15) is 0 Å². The molecule has 0 aliphatic carbocycles. The predicted octanol–water partition coefficient (Wildman–Crippen LogP) is 5.18. The third-order valence-corrected chi connectivity index (χ3v) is 3.41. The smallest absolute Gasteiger partial charge is 0.123 e. The average molecular weight is 293 g/mol. The van der Waals surface area contributed by atoms with Crippen molar-refractivity contribution in [2.75, 3.05) is 6.61 Å². The van der Waals surface area contributed by atoms with Crippen LogP contribution in [0.5, 0.6) is 5.75 Å². The maximum absolute atomic E-state index is 6.10. The van der Waals surface area contributed by atoms with E-state index in [0.29, 0.717) is 18.9 Å². The van der Waals surface area contributed by atoms with Crippen LogP contribution in [0.1, 0.15) is 36.5 Å². The highest BCUT2D eigenvalue weighted by atomic mass is 35.5. The molecular weight excluding hydrogens is 272 g/mol. The molecule has 1 aromatic heterocycles. The minimum atomic E-state index is 0.492. The maximum atomic E-state index is 6.10. The molecule has 2 nitrogen and oxygen atoms in total. The van der Waals surface area contributed by atoms with E-state index >= 15 is 0 Å². The molecule has 108 valence electrons. The van der Waals surface area contributed by atoms with Crippen molar-refractivity contribution in [1.29, 1.82) is 0 Å².